The van der Waals surface area contributed by atoms with E-state index in [1.54, 1.807) is 0 Å². The monoisotopic (exact) mass is 277 g/mol. The number of hydrogen-bond acceptors (Lipinski definition) is 2. The standard InChI is InChI=1S/C18H19N3/c1-2-4-14(5-3-1)17-7-6-15-16(12-20-18(15)21-17)13-8-10-19-11-9-13/h1-7,12-13,19H,8-11H2,(H,20,21). The van der Waals surface area contributed by atoms with Gasteiger partial charge < -0.3 is 10.3 Å². The van der Waals surface area contributed by atoms with E-state index in [1.165, 1.54) is 23.8 Å². The molecule has 0 unspecified atom stereocenters. The molecular weight excluding hydrogens is 258 g/mol. The van der Waals surface area contributed by atoms with Gasteiger partial charge in [0.25, 0.3) is 0 Å². The number of aromatic nitrogens is 2. The van der Waals surface area contributed by atoms with Gasteiger partial charge in [0.05, 0.1) is 5.69 Å². The summed E-state index contributed by atoms with van der Waals surface area (Å²) < 4.78 is 0. The molecule has 0 atom stereocenters. The van der Waals surface area contributed by atoms with Gasteiger partial charge in [0.15, 0.2) is 0 Å². The summed E-state index contributed by atoms with van der Waals surface area (Å²) in [4.78, 5) is 8.15. The van der Waals surface area contributed by atoms with Gasteiger partial charge in [0, 0.05) is 17.1 Å². The molecule has 0 amide bonds. The van der Waals surface area contributed by atoms with E-state index in [1.807, 2.05) is 6.07 Å². The third-order valence-corrected chi connectivity index (χ3v) is 4.42. The van der Waals surface area contributed by atoms with Gasteiger partial charge in [-0.3, -0.25) is 0 Å². The van der Waals surface area contributed by atoms with Crippen LogP contribution in [0, 0.1) is 0 Å². The molecule has 0 aliphatic carbocycles. The number of benzene rings is 1. The zero-order chi connectivity index (χ0) is 14.1. The molecule has 2 N–H and O–H groups in total. The van der Waals surface area contributed by atoms with Crippen LogP contribution in [0.2, 0.25) is 0 Å². The molecule has 4 rings (SSSR count). The van der Waals surface area contributed by atoms with Crippen LogP contribution < -0.4 is 5.32 Å². The number of aromatic amines is 1. The highest BCUT2D eigenvalue weighted by Crippen LogP contribution is 2.31. The Bertz CT molecular complexity index is 740. The van der Waals surface area contributed by atoms with Crippen LogP contribution in [0.4, 0.5) is 0 Å². The average molecular weight is 277 g/mol. The van der Waals surface area contributed by atoms with Gasteiger partial charge in [0.2, 0.25) is 0 Å². The highest BCUT2D eigenvalue weighted by molar-refractivity contribution is 5.83. The first-order valence-corrected chi connectivity index (χ1v) is 7.66. The second-order valence-electron chi connectivity index (χ2n) is 5.73. The maximum Gasteiger partial charge on any atom is 0.138 e. The average Bonchev–Trinajstić information content (AvgIpc) is 2.99. The summed E-state index contributed by atoms with van der Waals surface area (Å²) in [6.45, 7) is 2.24. The first kappa shape index (κ1) is 12.6. The maximum absolute atomic E-state index is 4.79. The summed E-state index contributed by atoms with van der Waals surface area (Å²) in [6, 6.07) is 14.7. The van der Waals surface area contributed by atoms with Crippen LogP contribution in [0.3, 0.4) is 0 Å². The first-order chi connectivity index (χ1) is 10.4. The molecule has 1 aliphatic heterocycles. The lowest BCUT2D eigenvalue weighted by Gasteiger charge is -2.22. The van der Waals surface area contributed by atoms with Crippen LogP contribution in [0.1, 0.15) is 24.3 Å². The van der Waals surface area contributed by atoms with Crippen LogP contribution in [-0.4, -0.2) is 23.1 Å². The number of piperidine rings is 1. The van der Waals surface area contributed by atoms with Gasteiger partial charge >= 0.3 is 0 Å². The van der Waals surface area contributed by atoms with Crippen molar-refractivity contribution < 1.29 is 0 Å². The van der Waals surface area contributed by atoms with Gasteiger partial charge in [0.1, 0.15) is 5.65 Å². The Labute approximate surface area is 124 Å². The summed E-state index contributed by atoms with van der Waals surface area (Å²) in [5.74, 6) is 0.657. The van der Waals surface area contributed by atoms with Crippen LogP contribution in [0.25, 0.3) is 22.3 Å². The minimum absolute atomic E-state index is 0.657. The topological polar surface area (TPSA) is 40.7 Å². The van der Waals surface area contributed by atoms with Gasteiger partial charge in [-0.2, -0.15) is 0 Å². The molecule has 21 heavy (non-hydrogen) atoms. The predicted octanol–water partition coefficient (Wildman–Crippen LogP) is 3.70. The molecule has 3 aromatic rings. The molecule has 0 spiro atoms. The summed E-state index contributed by atoms with van der Waals surface area (Å²) >= 11 is 0. The summed E-state index contributed by atoms with van der Waals surface area (Å²) in [6.07, 6.45) is 4.59. The fraction of sp³-hybridized carbons (Fsp3) is 0.278. The van der Waals surface area contributed by atoms with E-state index in [2.05, 4.69) is 52.9 Å². The van der Waals surface area contributed by atoms with Crippen LogP contribution >= 0.6 is 0 Å². The Morgan fingerprint density at radius 3 is 2.57 bits per heavy atom. The lowest BCUT2D eigenvalue weighted by Crippen LogP contribution is -2.26. The minimum atomic E-state index is 0.657. The third-order valence-electron chi connectivity index (χ3n) is 4.42. The van der Waals surface area contributed by atoms with E-state index in [4.69, 9.17) is 4.98 Å². The number of nitrogens with one attached hydrogen (secondary N) is 2. The van der Waals surface area contributed by atoms with E-state index in [0.29, 0.717) is 5.92 Å². The second-order valence-corrected chi connectivity index (χ2v) is 5.73. The predicted molar refractivity (Wildman–Crippen MR) is 86.4 cm³/mol. The van der Waals surface area contributed by atoms with E-state index in [-0.39, 0.29) is 0 Å². The van der Waals surface area contributed by atoms with Gasteiger partial charge in [-0.15, -0.1) is 0 Å². The Balaban J connectivity index is 1.73. The highest BCUT2D eigenvalue weighted by atomic mass is 14.9. The molecule has 1 aromatic carbocycles. The molecular formula is C18H19N3. The van der Waals surface area contributed by atoms with Crippen molar-refractivity contribution in [2.24, 2.45) is 0 Å². The Morgan fingerprint density at radius 2 is 1.76 bits per heavy atom. The van der Waals surface area contributed by atoms with Gasteiger partial charge in [-0.05, 0) is 49.5 Å². The molecule has 3 heteroatoms. The zero-order valence-electron chi connectivity index (χ0n) is 12.0. The lowest BCUT2D eigenvalue weighted by molar-refractivity contribution is 0.462. The summed E-state index contributed by atoms with van der Waals surface area (Å²) in [5.41, 5.74) is 4.63. The van der Waals surface area contributed by atoms with Crippen molar-refractivity contribution in [1.29, 1.82) is 0 Å². The zero-order valence-corrected chi connectivity index (χ0v) is 12.0. The Kier molecular flexibility index (Phi) is 3.20. The number of rotatable bonds is 2. The van der Waals surface area contributed by atoms with Crippen molar-refractivity contribution in [1.82, 2.24) is 15.3 Å². The molecule has 0 radical (unpaired) electrons. The third kappa shape index (κ3) is 2.34. The summed E-state index contributed by atoms with van der Waals surface area (Å²) in [7, 11) is 0. The maximum atomic E-state index is 4.79. The van der Waals surface area contributed by atoms with E-state index in [0.717, 1.165) is 30.0 Å². The Hall–Kier alpha value is -2.13. The number of pyridine rings is 1. The smallest absolute Gasteiger partial charge is 0.138 e. The highest BCUT2D eigenvalue weighted by Gasteiger charge is 2.19. The molecule has 3 nitrogen and oxygen atoms in total. The normalized spacial score (nSPS) is 16.4. The van der Waals surface area contributed by atoms with Crippen molar-refractivity contribution in [3.63, 3.8) is 0 Å². The largest absolute Gasteiger partial charge is 0.346 e. The number of hydrogen-bond donors (Lipinski definition) is 2. The van der Waals surface area contributed by atoms with Crippen molar-refractivity contribution in [3.8, 4) is 11.3 Å². The number of nitrogens with zero attached hydrogens (tertiary/aromatic N) is 1. The molecule has 2 aromatic heterocycles. The molecule has 1 saturated heterocycles. The molecule has 0 bridgehead atoms. The molecule has 3 heterocycles. The second kappa shape index (κ2) is 5.34. The first-order valence-electron chi connectivity index (χ1n) is 7.66. The molecule has 106 valence electrons. The fourth-order valence-corrected chi connectivity index (χ4v) is 3.27. The van der Waals surface area contributed by atoms with Crippen LogP contribution in [-0.2, 0) is 0 Å². The van der Waals surface area contributed by atoms with Crippen LogP contribution in [0.15, 0.2) is 48.7 Å². The van der Waals surface area contributed by atoms with Crippen molar-refractivity contribution >= 4 is 11.0 Å². The summed E-state index contributed by atoms with van der Waals surface area (Å²) in [5, 5.41) is 4.71. The molecule has 1 fully saturated rings. The van der Waals surface area contributed by atoms with Crippen molar-refractivity contribution in [2.75, 3.05) is 13.1 Å². The SMILES string of the molecule is c1ccc(-c2ccc3c(C4CCNCC4)c[nH]c3n2)cc1. The number of fused-ring (bicyclic) bond motifs is 1. The lowest BCUT2D eigenvalue weighted by atomic mass is 9.90. The Morgan fingerprint density at radius 1 is 0.952 bits per heavy atom. The number of H-pyrrole nitrogens is 1. The van der Waals surface area contributed by atoms with Crippen molar-refractivity contribution in [2.45, 2.75) is 18.8 Å². The fourth-order valence-electron chi connectivity index (χ4n) is 3.27. The van der Waals surface area contributed by atoms with Crippen LogP contribution in [0.5, 0.6) is 0 Å². The minimum Gasteiger partial charge on any atom is -0.346 e. The van der Waals surface area contributed by atoms with Crippen molar-refractivity contribution in [3.05, 3.63) is 54.2 Å². The van der Waals surface area contributed by atoms with E-state index < -0.39 is 0 Å². The van der Waals surface area contributed by atoms with E-state index in [9.17, 15) is 0 Å². The van der Waals surface area contributed by atoms with Gasteiger partial charge in [-0.1, -0.05) is 30.3 Å². The molecule has 0 saturated carbocycles. The molecule has 1 aliphatic rings. The van der Waals surface area contributed by atoms with E-state index >= 15 is 0 Å². The van der Waals surface area contributed by atoms with Gasteiger partial charge in [-0.25, -0.2) is 4.98 Å². The quantitative estimate of drug-likeness (QED) is 0.750.